The monoisotopic (exact) mass is 408 g/mol. The quantitative estimate of drug-likeness (QED) is 0.495. The summed E-state index contributed by atoms with van der Waals surface area (Å²) >= 11 is 0. The number of rotatable bonds is 12. The van der Waals surface area contributed by atoms with Crippen molar-refractivity contribution in [1.82, 2.24) is 0 Å². The Labute approximate surface area is 171 Å². The fourth-order valence-corrected chi connectivity index (χ4v) is 2.71. The Morgan fingerprint density at radius 3 is 1.41 bits per heavy atom. The van der Waals surface area contributed by atoms with Crippen molar-refractivity contribution in [2.45, 2.75) is 6.61 Å². The van der Waals surface area contributed by atoms with Gasteiger partial charge in [-0.1, -0.05) is 0 Å². The molecule has 8 heteroatoms. The van der Waals surface area contributed by atoms with Crippen molar-refractivity contribution >= 4 is 0 Å². The Morgan fingerprint density at radius 1 is 0.552 bits per heavy atom. The SMILES string of the molecule is COc1cc(OC)c(COCCOc2c(OC)cc(OC)cc2OC)c(OC)c1. The molecule has 160 valence electrons. The molecule has 2 aromatic rings. The van der Waals surface area contributed by atoms with Crippen LogP contribution in [-0.2, 0) is 11.3 Å². The molecule has 0 bridgehead atoms. The summed E-state index contributed by atoms with van der Waals surface area (Å²) in [6.45, 7) is 0.910. The van der Waals surface area contributed by atoms with Gasteiger partial charge in [0.1, 0.15) is 29.6 Å². The molecule has 0 amide bonds. The fraction of sp³-hybridized carbons (Fsp3) is 0.429. The molecule has 0 atom stereocenters. The van der Waals surface area contributed by atoms with E-state index in [4.69, 9.17) is 37.9 Å². The molecule has 2 rings (SSSR count). The highest BCUT2D eigenvalue weighted by Gasteiger charge is 2.16. The van der Waals surface area contributed by atoms with Crippen molar-refractivity contribution in [3.63, 3.8) is 0 Å². The number of hydrogen-bond acceptors (Lipinski definition) is 8. The van der Waals surface area contributed by atoms with Gasteiger partial charge in [-0.25, -0.2) is 0 Å². The van der Waals surface area contributed by atoms with E-state index in [1.807, 2.05) is 0 Å². The largest absolute Gasteiger partial charge is 0.496 e. The summed E-state index contributed by atoms with van der Waals surface area (Å²) < 4.78 is 43.7. The molecule has 0 fully saturated rings. The fourth-order valence-electron chi connectivity index (χ4n) is 2.71. The van der Waals surface area contributed by atoms with Crippen molar-refractivity contribution in [2.75, 3.05) is 55.9 Å². The molecule has 0 aliphatic carbocycles. The minimum atomic E-state index is 0.288. The molecule has 0 saturated carbocycles. The Balaban J connectivity index is 2.00. The molecule has 0 N–H and O–H groups in total. The lowest BCUT2D eigenvalue weighted by molar-refractivity contribution is 0.0842. The van der Waals surface area contributed by atoms with E-state index in [0.29, 0.717) is 53.5 Å². The van der Waals surface area contributed by atoms with E-state index < -0.39 is 0 Å². The second-order valence-corrected chi connectivity index (χ2v) is 5.77. The van der Waals surface area contributed by atoms with E-state index in [1.54, 1.807) is 66.9 Å². The van der Waals surface area contributed by atoms with Gasteiger partial charge >= 0.3 is 0 Å². The lowest BCUT2D eigenvalue weighted by atomic mass is 10.1. The van der Waals surface area contributed by atoms with Crippen molar-refractivity contribution < 1.29 is 37.9 Å². The topological polar surface area (TPSA) is 73.8 Å². The minimum absolute atomic E-state index is 0.288. The lowest BCUT2D eigenvalue weighted by Gasteiger charge is -2.17. The van der Waals surface area contributed by atoms with E-state index in [-0.39, 0.29) is 6.61 Å². The van der Waals surface area contributed by atoms with E-state index in [1.165, 1.54) is 0 Å². The molecular formula is C21H28O8. The molecule has 2 aromatic carbocycles. The first-order chi connectivity index (χ1) is 14.1. The summed E-state index contributed by atoms with van der Waals surface area (Å²) in [7, 11) is 9.44. The molecule has 8 nitrogen and oxygen atoms in total. The highest BCUT2D eigenvalue weighted by atomic mass is 16.6. The van der Waals surface area contributed by atoms with Gasteiger partial charge in [0.15, 0.2) is 11.5 Å². The van der Waals surface area contributed by atoms with Gasteiger partial charge < -0.3 is 37.9 Å². The molecule has 0 aromatic heterocycles. The first-order valence-corrected chi connectivity index (χ1v) is 8.91. The molecule has 0 radical (unpaired) electrons. The zero-order valence-electron chi connectivity index (χ0n) is 17.7. The summed E-state index contributed by atoms with van der Waals surface area (Å²) in [4.78, 5) is 0. The van der Waals surface area contributed by atoms with Gasteiger partial charge in [0.2, 0.25) is 5.75 Å². The number of methoxy groups -OCH3 is 6. The van der Waals surface area contributed by atoms with E-state index >= 15 is 0 Å². The van der Waals surface area contributed by atoms with Crippen LogP contribution in [0.3, 0.4) is 0 Å². The van der Waals surface area contributed by atoms with Gasteiger partial charge in [-0.2, -0.15) is 0 Å². The smallest absolute Gasteiger partial charge is 0.203 e. The van der Waals surface area contributed by atoms with Crippen LogP contribution in [0.2, 0.25) is 0 Å². The van der Waals surface area contributed by atoms with Gasteiger partial charge in [0, 0.05) is 24.3 Å². The molecule has 0 unspecified atom stereocenters. The van der Waals surface area contributed by atoms with Crippen molar-refractivity contribution in [2.24, 2.45) is 0 Å². The summed E-state index contributed by atoms with van der Waals surface area (Å²) in [5.41, 5.74) is 0.787. The van der Waals surface area contributed by atoms with Gasteiger partial charge in [-0.3, -0.25) is 0 Å². The van der Waals surface area contributed by atoms with Gasteiger partial charge in [0.25, 0.3) is 0 Å². The normalized spacial score (nSPS) is 10.3. The summed E-state index contributed by atoms with van der Waals surface area (Å²) in [6, 6.07) is 7.02. The molecular weight excluding hydrogens is 380 g/mol. The maximum Gasteiger partial charge on any atom is 0.203 e. The Bertz CT molecular complexity index is 675. The van der Waals surface area contributed by atoms with Crippen LogP contribution in [-0.4, -0.2) is 55.9 Å². The first kappa shape index (κ1) is 22.3. The highest BCUT2D eigenvalue weighted by molar-refractivity contribution is 5.56. The van der Waals surface area contributed by atoms with Crippen molar-refractivity contribution in [3.05, 3.63) is 29.8 Å². The molecule has 29 heavy (non-hydrogen) atoms. The lowest BCUT2D eigenvalue weighted by Crippen LogP contribution is -2.09. The zero-order chi connectivity index (χ0) is 21.2. The molecule has 0 aliphatic rings. The van der Waals surface area contributed by atoms with Crippen molar-refractivity contribution in [1.29, 1.82) is 0 Å². The summed E-state index contributed by atoms with van der Waals surface area (Å²) in [5.74, 6) is 4.02. The third-order valence-corrected chi connectivity index (χ3v) is 4.21. The van der Waals surface area contributed by atoms with Crippen LogP contribution in [0, 0.1) is 0 Å². The van der Waals surface area contributed by atoms with E-state index in [9.17, 15) is 0 Å². The number of hydrogen-bond donors (Lipinski definition) is 0. The van der Waals surface area contributed by atoms with Crippen LogP contribution < -0.4 is 33.2 Å². The summed E-state index contributed by atoms with van der Waals surface area (Å²) in [5, 5.41) is 0. The number of benzene rings is 2. The van der Waals surface area contributed by atoms with Crippen LogP contribution in [0.25, 0.3) is 0 Å². The van der Waals surface area contributed by atoms with Crippen LogP contribution in [0.4, 0.5) is 0 Å². The van der Waals surface area contributed by atoms with Crippen LogP contribution in [0.15, 0.2) is 24.3 Å². The predicted octanol–water partition coefficient (Wildman–Crippen LogP) is 3.33. The van der Waals surface area contributed by atoms with E-state index in [2.05, 4.69) is 0 Å². The van der Waals surface area contributed by atoms with E-state index in [0.717, 1.165) is 5.56 Å². The maximum atomic E-state index is 5.82. The maximum absolute atomic E-state index is 5.82. The standard InChI is InChI=1S/C21H28O8/c1-22-14-9-17(24-3)16(18(10-14)25-4)13-28-7-8-29-21-19(26-5)11-15(23-2)12-20(21)27-6/h9-12H,7-8,13H2,1-6H3. The molecule has 0 heterocycles. The number of ether oxygens (including phenoxy) is 8. The summed E-state index contributed by atoms with van der Waals surface area (Å²) in [6.07, 6.45) is 0. The Hall–Kier alpha value is -3.00. The van der Waals surface area contributed by atoms with Gasteiger partial charge in [-0.15, -0.1) is 0 Å². The zero-order valence-corrected chi connectivity index (χ0v) is 17.7. The van der Waals surface area contributed by atoms with Gasteiger partial charge in [0.05, 0.1) is 61.4 Å². The van der Waals surface area contributed by atoms with Crippen LogP contribution in [0.5, 0.6) is 40.2 Å². The molecule has 0 aliphatic heterocycles. The second kappa shape index (κ2) is 11.1. The van der Waals surface area contributed by atoms with Crippen LogP contribution in [0.1, 0.15) is 5.56 Å². The van der Waals surface area contributed by atoms with Crippen molar-refractivity contribution in [3.8, 4) is 40.2 Å². The molecule has 0 saturated heterocycles. The average molecular weight is 408 g/mol. The third kappa shape index (κ3) is 5.51. The average Bonchev–Trinajstić information content (AvgIpc) is 2.77. The van der Waals surface area contributed by atoms with Gasteiger partial charge in [-0.05, 0) is 0 Å². The predicted molar refractivity (Wildman–Crippen MR) is 107 cm³/mol. The van der Waals surface area contributed by atoms with Crippen LogP contribution >= 0.6 is 0 Å². The minimum Gasteiger partial charge on any atom is -0.496 e. The third-order valence-electron chi connectivity index (χ3n) is 4.21. The molecule has 0 spiro atoms. The second-order valence-electron chi connectivity index (χ2n) is 5.77. The first-order valence-electron chi connectivity index (χ1n) is 8.91. The Morgan fingerprint density at radius 2 is 1.00 bits per heavy atom. The highest BCUT2D eigenvalue weighted by Crippen LogP contribution is 2.41. The Kier molecular flexibility index (Phi) is 8.54.